The number of halogens is 2. The number of nitrogens with one attached hydrogen (secondary N) is 1. The summed E-state index contributed by atoms with van der Waals surface area (Å²) in [5.74, 6) is 0. The Balaban J connectivity index is 2.34. The summed E-state index contributed by atoms with van der Waals surface area (Å²) in [6.45, 7) is 2.70. The maximum Gasteiger partial charge on any atom is 0.0934 e. The molecule has 1 aromatic heterocycles. The summed E-state index contributed by atoms with van der Waals surface area (Å²) in [6, 6.07) is 8.13. The molecule has 1 heterocycles. The van der Waals surface area contributed by atoms with Crippen molar-refractivity contribution in [1.82, 2.24) is 4.98 Å². The number of fused-ring (bicyclic) bond motifs is 1. The molecule has 0 saturated heterocycles. The van der Waals surface area contributed by atoms with E-state index in [1.54, 1.807) is 11.7 Å². The second kappa shape index (κ2) is 5.52. The number of aromatic nitrogens is 1. The summed E-state index contributed by atoms with van der Waals surface area (Å²) in [6.07, 6.45) is 1.80. The second-order valence-electron chi connectivity index (χ2n) is 3.84. The number of para-hydroxylation sites is 1. The van der Waals surface area contributed by atoms with Crippen LogP contribution in [0.2, 0.25) is 0 Å². The summed E-state index contributed by atoms with van der Waals surface area (Å²) in [7, 11) is 0. The number of pyridine rings is 1. The van der Waals surface area contributed by atoms with Gasteiger partial charge in [-0.2, -0.15) is 0 Å². The maximum atomic E-state index is 5.63. The van der Waals surface area contributed by atoms with Crippen LogP contribution in [-0.4, -0.2) is 11.5 Å². The van der Waals surface area contributed by atoms with E-state index in [4.69, 9.17) is 11.6 Å². The molecule has 0 fully saturated rings. The Kier molecular flexibility index (Phi) is 4.02. The lowest BCUT2D eigenvalue weighted by molar-refractivity contribution is 1.21. The van der Waals surface area contributed by atoms with E-state index < -0.39 is 0 Å². The number of anilines is 1. The van der Waals surface area contributed by atoms with Crippen LogP contribution in [0.3, 0.4) is 0 Å². The lowest BCUT2D eigenvalue weighted by Gasteiger charge is -2.09. The standard InChI is InChI=1S/C13H12BrClN2/c1-9(6-15)7-16-12-4-2-3-10-5-11(14)8-17-13(10)12/h2-6,8,16H,7H2,1H3/b9-6-. The maximum absolute atomic E-state index is 5.63. The fourth-order valence-corrected chi connectivity index (χ4v) is 1.98. The van der Waals surface area contributed by atoms with Crippen molar-refractivity contribution in [1.29, 1.82) is 0 Å². The van der Waals surface area contributed by atoms with Gasteiger partial charge < -0.3 is 5.32 Å². The van der Waals surface area contributed by atoms with E-state index in [1.807, 2.05) is 25.1 Å². The average molecular weight is 312 g/mol. The third-order valence-electron chi connectivity index (χ3n) is 2.42. The lowest BCUT2D eigenvalue weighted by atomic mass is 10.2. The van der Waals surface area contributed by atoms with Crippen molar-refractivity contribution in [3.63, 3.8) is 0 Å². The Bertz CT molecular complexity index is 566. The molecule has 2 nitrogen and oxygen atoms in total. The fraction of sp³-hybridized carbons (Fsp3) is 0.154. The van der Waals surface area contributed by atoms with E-state index >= 15 is 0 Å². The van der Waals surface area contributed by atoms with Gasteiger partial charge in [0.15, 0.2) is 0 Å². The third-order valence-corrected chi connectivity index (χ3v) is 3.23. The highest BCUT2D eigenvalue weighted by Crippen LogP contribution is 2.23. The molecule has 0 aliphatic rings. The van der Waals surface area contributed by atoms with Gasteiger partial charge in [-0.3, -0.25) is 4.98 Å². The first-order chi connectivity index (χ1) is 8.20. The topological polar surface area (TPSA) is 24.9 Å². The van der Waals surface area contributed by atoms with Gasteiger partial charge in [0.1, 0.15) is 0 Å². The molecule has 2 rings (SSSR count). The zero-order chi connectivity index (χ0) is 12.3. The van der Waals surface area contributed by atoms with Crippen LogP contribution in [0.25, 0.3) is 10.9 Å². The predicted molar refractivity (Wildman–Crippen MR) is 77.5 cm³/mol. The highest BCUT2D eigenvalue weighted by molar-refractivity contribution is 9.10. The van der Waals surface area contributed by atoms with Gasteiger partial charge >= 0.3 is 0 Å². The van der Waals surface area contributed by atoms with Crippen molar-refractivity contribution in [3.8, 4) is 0 Å². The molecule has 0 bridgehead atoms. The van der Waals surface area contributed by atoms with E-state index in [0.717, 1.165) is 33.2 Å². The predicted octanol–water partition coefficient (Wildman–Crippen LogP) is 4.55. The fourth-order valence-electron chi connectivity index (χ4n) is 1.55. The number of benzene rings is 1. The van der Waals surface area contributed by atoms with Gasteiger partial charge in [-0.1, -0.05) is 23.7 Å². The van der Waals surface area contributed by atoms with Gasteiger partial charge in [-0.05, 0) is 40.6 Å². The molecule has 0 aliphatic heterocycles. The summed E-state index contributed by atoms with van der Waals surface area (Å²) in [5, 5.41) is 4.44. The van der Waals surface area contributed by atoms with E-state index in [2.05, 4.69) is 32.3 Å². The van der Waals surface area contributed by atoms with Gasteiger partial charge in [0, 0.05) is 28.1 Å². The van der Waals surface area contributed by atoms with Gasteiger partial charge in [-0.15, -0.1) is 0 Å². The van der Waals surface area contributed by atoms with E-state index in [1.165, 1.54) is 0 Å². The first-order valence-corrected chi connectivity index (χ1v) is 6.47. The normalized spacial score (nSPS) is 11.8. The minimum Gasteiger partial charge on any atom is -0.380 e. The largest absolute Gasteiger partial charge is 0.380 e. The first kappa shape index (κ1) is 12.4. The van der Waals surface area contributed by atoms with Gasteiger partial charge in [0.2, 0.25) is 0 Å². The van der Waals surface area contributed by atoms with Crippen molar-refractivity contribution in [2.24, 2.45) is 0 Å². The van der Waals surface area contributed by atoms with Crippen molar-refractivity contribution < 1.29 is 0 Å². The smallest absolute Gasteiger partial charge is 0.0934 e. The van der Waals surface area contributed by atoms with E-state index in [0.29, 0.717) is 0 Å². The minimum absolute atomic E-state index is 0.723. The average Bonchev–Trinajstić information content (AvgIpc) is 2.35. The molecular weight excluding hydrogens is 300 g/mol. The molecule has 0 unspecified atom stereocenters. The number of nitrogens with zero attached hydrogens (tertiary/aromatic N) is 1. The van der Waals surface area contributed by atoms with Crippen molar-refractivity contribution in [2.45, 2.75) is 6.92 Å². The first-order valence-electron chi connectivity index (χ1n) is 5.24. The number of hydrogen-bond donors (Lipinski definition) is 1. The molecule has 0 saturated carbocycles. The third kappa shape index (κ3) is 2.99. The molecule has 17 heavy (non-hydrogen) atoms. The van der Waals surface area contributed by atoms with Crippen LogP contribution in [0.1, 0.15) is 6.92 Å². The Labute approximate surface area is 114 Å². The van der Waals surface area contributed by atoms with Crippen molar-refractivity contribution in [2.75, 3.05) is 11.9 Å². The van der Waals surface area contributed by atoms with E-state index in [-0.39, 0.29) is 0 Å². The molecule has 0 aliphatic carbocycles. The highest BCUT2D eigenvalue weighted by Gasteiger charge is 2.02. The minimum atomic E-state index is 0.723. The summed E-state index contributed by atoms with van der Waals surface area (Å²) in [4.78, 5) is 4.42. The zero-order valence-corrected chi connectivity index (χ0v) is 11.7. The summed E-state index contributed by atoms with van der Waals surface area (Å²) >= 11 is 9.05. The lowest BCUT2D eigenvalue weighted by Crippen LogP contribution is -2.03. The van der Waals surface area contributed by atoms with Crippen LogP contribution in [0.4, 0.5) is 5.69 Å². The quantitative estimate of drug-likeness (QED) is 0.899. The second-order valence-corrected chi connectivity index (χ2v) is 4.97. The molecule has 1 N–H and O–H groups in total. The van der Waals surface area contributed by atoms with Crippen molar-refractivity contribution >= 4 is 44.1 Å². The van der Waals surface area contributed by atoms with Gasteiger partial charge in [0.25, 0.3) is 0 Å². The number of hydrogen-bond acceptors (Lipinski definition) is 2. The summed E-state index contributed by atoms with van der Waals surface area (Å²) < 4.78 is 0.985. The van der Waals surface area contributed by atoms with Gasteiger partial charge in [-0.25, -0.2) is 0 Å². The monoisotopic (exact) mass is 310 g/mol. The van der Waals surface area contributed by atoms with Crippen LogP contribution in [0.15, 0.2) is 46.0 Å². The Morgan fingerprint density at radius 2 is 2.35 bits per heavy atom. The Hall–Kier alpha value is -1.06. The molecule has 0 amide bonds. The van der Waals surface area contributed by atoms with Crippen molar-refractivity contribution in [3.05, 3.63) is 46.0 Å². The zero-order valence-electron chi connectivity index (χ0n) is 9.37. The van der Waals surface area contributed by atoms with Crippen LogP contribution in [0.5, 0.6) is 0 Å². The van der Waals surface area contributed by atoms with Crippen LogP contribution in [0, 0.1) is 0 Å². The molecule has 2 aromatic rings. The highest BCUT2D eigenvalue weighted by atomic mass is 79.9. The Morgan fingerprint density at radius 1 is 1.53 bits per heavy atom. The summed E-state index contributed by atoms with van der Waals surface area (Å²) in [5.41, 5.74) is 4.66. The molecule has 0 atom stereocenters. The molecule has 0 spiro atoms. The molecule has 0 radical (unpaired) electrons. The molecule has 1 aromatic carbocycles. The molecular formula is C13H12BrClN2. The van der Waals surface area contributed by atoms with Gasteiger partial charge in [0.05, 0.1) is 11.2 Å². The molecule has 4 heteroatoms. The SMILES string of the molecule is C/C(=C/Cl)CNc1cccc2cc(Br)cnc12. The number of rotatable bonds is 3. The van der Waals surface area contributed by atoms with E-state index in [9.17, 15) is 0 Å². The van der Waals surface area contributed by atoms with Crippen LogP contribution in [-0.2, 0) is 0 Å². The Morgan fingerprint density at radius 3 is 3.12 bits per heavy atom. The van der Waals surface area contributed by atoms with Crippen LogP contribution < -0.4 is 5.32 Å². The van der Waals surface area contributed by atoms with Crippen LogP contribution >= 0.6 is 27.5 Å². The molecule has 88 valence electrons.